The highest BCUT2D eigenvalue weighted by atomic mass is 16.6. The van der Waals surface area contributed by atoms with Gasteiger partial charge < -0.3 is 14.2 Å². The highest BCUT2D eigenvalue weighted by Gasteiger charge is 2.19. The van der Waals surface area contributed by atoms with Crippen molar-refractivity contribution in [3.8, 4) is 0 Å². The van der Waals surface area contributed by atoms with E-state index in [-0.39, 0.29) is 31.1 Å². The molecule has 1 atom stereocenters. The Morgan fingerprint density at radius 3 is 0.831 bits per heavy atom. The van der Waals surface area contributed by atoms with Crippen LogP contribution in [-0.2, 0) is 28.6 Å². The number of carbonyl (C=O) groups is 3. The second-order valence-corrected chi connectivity index (χ2v) is 19.1. The van der Waals surface area contributed by atoms with Crippen LogP contribution in [-0.4, -0.2) is 37.2 Å². The Balaban J connectivity index is 4.23. The third kappa shape index (κ3) is 47.3. The molecule has 6 heteroatoms. The molecule has 0 saturated carbocycles. The Labute approximate surface area is 368 Å². The van der Waals surface area contributed by atoms with Gasteiger partial charge >= 0.3 is 17.9 Å². The first-order valence-electron chi connectivity index (χ1n) is 26.2. The summed E-state index contributed by atoms with van der Waals surface area (Å²) in [6, 6.07) is 0. The lowest BCUT2D eigenvalue weighted by atomic mass is 10.0. The van der Waals surface area contributed by atoms with E-state index in [4.69, 9.17) is 14.2 Å². The Kier molecular flexibility index (Phi) is 44.7. The van der Waals surface area contributed by atoms with Gasteiger partial charge in [0, 0.05) is 19.3 Å². The minimum atomic E-state index is -0.761. The first kappa shape index (κ1) is 57.4. The van der Waals surface area contributed by atoms with Crippen molar-refractivity contribution in [2.24, 2.45) is 11.8 Å². The summed E-state index contributed by atoms with van der Waals surface area (Å²) in [5.74, 6) is 0.809. The summed E-state index contributed by atoms with van der Waals surface area (Å²) in [4.78, 5) is 37.9. The fourth-order valence-corrected chi connectivity index (χ4v) is 7.99. The second kappa shape index (κ2) is 45.9. The molecule has 0 bridgehead atoms. The first-order valence-corrected chi connectivity index (χ1v) is 26.2. The van der Waals surface area contributed by atoms with Crippen LogP contribution >= 0.6 is 0 Å². The maximum Gasteiger partial charge on any atom is 0.306 e. The van der Waals surface area contributed by atoms with Crippen molar-refractivity contribution >= 4 is 17.9 Å². The third-order valence-electron chi connectivity index (χ3n) is 12.0. The van der Waals surface area contributed by atoms with Gasteiger partial charge in [0.2, 0.25) is 0 Å². The summed E-state index contributed by atoms with van der Waals surface area (Å²) >= 11 is 0. The Bertz CT molecular complexity index is 900. The molecule has 0 amide bonds. The summed E-state index contributed by atoms with van der Waals surface area (Å²) in [7, 11) is 0. The summed E-state index contributed by atoms with van der Waals surface area (Å²) < 4.78 is 16.8. The zero-order valence-corrected chi connectivity index (χ0v) is 40.4. The van der Waals surface area contributed by atoms with Crippen LogP contribution in [0.1, 0.15) is 291 Å². The van der Waals surface area contributed by atoms with Crippen molar-refractivity contribution in [2.45, 2.75) is 298 Å². The van der Waals surface area contributed by atoms with E-state index in [2.05, 4.69) is 34.6 Å². The fraction of sp³-hybridized carbons (Fsp3) is 0.943. The SMILES string of the molecule is CCCCCCCCCCCCC(=O)OC[C@H](COC(=O)CCCCCCCCCCCCCCCCCCC(C)C)OC(=O)CCCCCCCCCCCC(C)C. The van der Waals surface area contributed by atoms with Crippen molar-refractivity contribution in [3.63, 3.8) is 0 Å². The van der Waals surface area contributed by atoms with E-state index in [0.717, 1.165) is 69.6 Å². The lowest BCUT2D eigenvalue weighted by molar-refractivity contribution is -0.167. The lowest BCUT2D eigenvalue weighted by Gasteiger charge is -2.18. The van der Waals surface area contributed by atoms with Gasteiger partial charge in [-0.2, -0.15) is 0 Å². The number of carbonyl (C=O) groups excluding carboxylic acids is 3. The van der Waals surface area contributed by atoms with E-state index in [9.17, 15) is 14.4 Å². The van der Waals surface area contributed by atoms with Gasteiger partial charge in [-0.15, -0.1) is 0 Å². The van der Waals surface area contributed by atoms with Gasteiger partial charge in [-0.05, 0) is 31.1 Å². The largest absolute Gasteiger partial charge is 0.462 e. The molecule has 0 spiro atoms. The number of ether oxygens (including phenoxy) is 3. The Morgan fingerprint density at radius 1 is 0.322 bits per heavy atom. The predicted molar refractivity (Wildman–Crippen MR) is 252 cm³/mol. The van der Waals surface area contributed by atoms with Crippen LogP contribution < -0.4 is 0 Å². The quantitative estimate of drug-likeness (QED) is 0.0345. The van der Waals surface area contributed by atoms with Crippen LogP contribution in [0.15, 0.2) is 0 Å². The van der Waals surface area contributed by atoms with Gasteiger partial charge in [0.1, 0.15) is 13.2 Å². The van der Waals surface area contributed by atoms with Gasteiger partial charge in [-0.3, -0.25) is 14.4 Å². The van der Waals surface area contributed by atoms with Gasteiger partial charge in [0.25, 0.3) is 0 Å². The van der Waals surface area contributed by atoms with E-state index in [1.54, 1.807) is 0 Å². The maximum absolute atomic E-state index is 12.8. The number of hydrogen-bond donors (Lipinski definition) is 0. The normalized spacial score (nSPS) is 12.1. The smallest absolute Gasteiger partial charge is 0.306 e. The van der Waals surface area contributed by atoms with Gasteiger partial charge in [-0.1, -0.05) is 253 Å². The summed E-state index contributed by atoms with van der Waals surface area (Å²) in [6.07, 6.45) is 46.7. The fourth-order valence-electron chi connectivity index (χ4n) is 7.99. The van der Waals surface area contributed by atoms with Crippen LogP contribution in [0.5, 0.6) is 0 Å². The van der Waals surface area contributed by atoms with Crippen LogP contribution in [0.25, 0.3) is 0 Å². The molecule has 0 unspecified atom stereocenters. The Hall–Kier alpha value is -1.59. The second-order valence-electron chi connectivity index (χ2n) is 19.1. The molecule has 0 radical (unpaired) electrons. The standard InChI is InChI=1S/C53H102O6/c1-6-7-8-9-10-11-23-28-33-38-43-51(54)57-46-50(59-53(56)45-40-35-30-25-20-22-27-32-37-42-49(4)5)47-58-52(55)44-39-34-29-24-19-17-15-13-12-14-16-18-21-26-31-36-41-48(2)3/h48-50H,6-47H2,1-5H3/t50-/m1/s1. The zero-order valence-electron chi connectivity index (χ0n) is 40.4. The highest BCUT2D eigenvalue weighted by Crippen LogP contribution is 2.17. The maximum atomic E-state index is 12.8. The van der Waals surface area contributed by atoms with Crippen molar-refractivity contribution < 1.29 is 28.6 Å². The molecule has 0 N–H and O–H groups in total. The number of hydrogen-bond acceptors (Lipinski definition) is 6. The zero-order chi connectivity index (χ0) is 43.3. The van der Waals surface area contributed by atoms with Crippen LogP contribution in [0, 0.1) is 11.8 Å². The van der Waals surface area contributed by atoms with Crippen molar-refractivity contribution in [1.29, 1.82) is 0 Å². The van der Waals surface area contributed by atoms with E-state index >= 15 is 0 Å². The molecule has 6 nitrogen and oxygen atoms in total. The van der Waals surface area contributed by atoms with Crippen LogP contribution in [0.3, 0.4) is 0 Å². The summed E-state index contributed by atoms with van der Waals surface area (Å²) in [5.41, 5.74) is 0. The molecular formula is C53H102O6. The molecule has 0 aliphatic carbocycles. The van der Waals surface area contributed by atoms with Gasteiger partial charge in [-0.25, -0.2) is 0 Å². The van der Waals surface area contributed by atoms with Crippen molar-refractivity contribution in [2.75, 3.05) is 13.2 Å². The van der Waals surface area contributed by atoms with Crippen LogP contribution in [0.4, 0.5) is 0 Å². The first-order chi connectivity index (χ1) is 28.7. The molecule has 0 aromatic heterocycles. The lowest BCUT2D eigenvalue weighted by Crippen LogP contribution is -2.30. The molecule has 0 aromatic carbocycles. The molecule has 0 aromatic rings. The topological polar surface area (TPSA) is 78.9 Å². The molecular weight excluding hydrogens is 733 g/mol. The minimum absolute atomic E-state index is 0.0638. The number of rotatable bonds is 47. The van der Waals surface area contributed by atoms with Gasteiger partial charge in [0.05, 0.1) is 0 Å². The van der Waals surface area contributed by atoms with Crippen molar-refractivity contribution in [1.82, 2.24) is 0 Å². The van der Waals surface area contributed by atoms with E-state index in [1.165, 1.54) is 180 Å². The molecule has 0 rings (SSSR count). The predicted octanol–water partition coefficient (Wildman–Crippen LogP) is 16.9. The molecule has 0 saturated heterocycles. The summed E-state index contributed by atoms with van der Waals surface area (Å²) in [5, 5.41) is 0. The van der Waals surface area contributed by atoms with Crippen LogP contribution in [0.2, 0.25) is 0 Å². The average molecular weight is 835 g/mol. The molecule has 59 heavy (non-hydrogen) atoms. The number of esters is 3. The highest BCUT2D eigenvalue weighted by molar-refractivity contribution is 5.71. The molecule has 0 aliphatic rings. The minimum Gasteiger partial charge on any atom is -0.462 e. The van der Waals surface area contributed by atoms with E-state index in [1.807, 2.05) is 0 Å². The molecule has 0 heterocycles. The van der Waals surface area contributed by atoms with E-state index < -0.39 is 6.10 Å². The monoisotopic (exact) mass is 835 g/mol. The average Bonchev–Trinajstić information content (AvgIpc) is 3.20. The Morgan fingerprint density at radius 2 is 0.559 bits per heavy atom. The molecule has 0 fully saturated rings. The third-order valence-corrected chi connectivity index (χ3v) is 12.0. The molecule has 350 valence electrons. The van der Waals surface area contributed by atoms with Crippen molar-refractivity contribution in [3.05, 3.63) is 0 Å². The van der Waals surface area contributed by atoms with E-state index in [0.29, 0.717) is 19.3 Å². The van der Waals surface area contributed by atoms with Gasteiger partial charge in [0.15, 0.2) is 6.10 Å². The summed E-state index contributed by atoms with van der Waals surface area (Å²) in [6.45, 7) is 11.4. The molecule has 0 aliphatic heterocycles. The number of unbranched alkanes of at least 4 members (excludes halogenated alkanes) is 32.